The number of likely N-dealkylation sites (tertiary alicyclic amines) is 1. The van der Waals surface area contributed by atoms with Gasteiger partial charge < -0.3 is 14.4 Å². The molecular formula is C26H25N5O4. The SMILES string of the molecule is O=C(Cn1cnc2c(cnn2-c2ccccc2)c1=O)N1CCC[C@H]1c1ccc2c(c1)OCCCO2. The average Bonchev–Trinajstić information content (AvgIpc) is 3.49. The Bertz CT molecular complexity index is 1450. The van der Waals surface area contributed by atoms with Crippen molar-refractivity contribution in [2.75, 3.05) is 19.8 Å². The van der Waals surface area contributed by atoms with Gasteiger partial charge in [0.2, 0.25) is 5.91 Å². The number of carbonyl (C=O) groups is 1. The zero-order chi connectivity index (χ0) is 23.8. The molecule has 1 atom stereocenters. The van der Waals surface area contributed by atoms with E-state index in [1.54, 1.807) is 4.68 Å². The van der Waals surface area contributed by atoms with Gasteiger partial charge in [-0.2, -0.15) is 5.10 Å². The molecule has 178 valence electrons. The van der Waals surface area contributed by atoms with E-state index in [9.17, 15) is 9.59 Å². The van der Waals surface area contributed by atoms with Crippen molar-refractivity contribution in [1.82, 2.24) is 24.2 Å². The van der Waals surface area contributed by atoms with E-state index in [2.05, 4.69) is 10.1 Å². The van der Waals surface area contributed by atoms with Gasteiger partial charge in [-0.3, -0.25) is 14.2 Å². The van der Waals surface area contributed by atoms with Crippen LogP contribution in [-0.2, 0) is 11.3 Å². The molecule has 9 nitrogen and oxygen atoms in total. The van der Waals surface area contributed by atoms with Crippen LogP contribution in [0.3, 0.4) is 0 Å². The molecule has 0 spiro atoms. The maximum absolute atomic E-state index is 13.3. The molecule has 2 aliphatic heterocycles. The number of para-hydroxylation sites is 1. The lowest BCUT2D eigenvalue weighted by Crippen LogP contribution is -2.36. The van der Waals surface area contributed by atoms with Crippen LogP contribution in [0.15, 0.2) is 65.8 Å². The fourth-order valence-electron chi connectivity index (χ4n) is 4.85. The van der Waals surface area contributed by atoms with Gasteiger partial charge in [-0.1, -0.05) is 24.3 Å². The highest BCUT2D eigenvalue weighted by Gasteiger charge is 2.31. The third-order valence-corrected chi connectivity index (χ3v) is 6.59. The van der Waals surface area contributed by atoms with Crippen LogP contribution >= 0.6 is 0 Å². The van der Waals surface area contributed by atoms with Crippen LogP contribution in [0, 0.1) is 0 Å². The summed E-state index contributed by atoms with van der Waals surface area (Å²) in [5.41, 5.74) is 2.02. The summed E-state index contributed by atoms with van der Waals surface area (Å²) in [4.78, 5) is 32.8. The molecule has 2 aromatic heterocycles. The Hall–Kier alpha value is -4.14. The van der Waals surface area contributed by atoms with Crippen LogP contribution in [0.1, 0.15) is 30.9 Å². The fraction of sp³-hybridized carbons (Fsp3) is 0.308. The Kier molecular flexibility index (Phi) is 5.44. The van der Waals surface area contributed by atoms with Gasteiger partial charge in [-0.25, -0.2) is 9.67 Å². The monoisotopic (exact) mass is 471 g/mol. The molecule has 9 heteroatoms. The molecule has 6 rings (SSSR count). The number of ether oxygens (including phenoxy) is 2. The average molecular weight is 472 g/mol. The highest BCUT2D eigenvalue weighted by Crippen LogP contribution is 2.38. The third kappa shape index (κ3) is 3.92. The van der Waals surface area contributed by atoms with E-state index in [1.807, 2.05) is 53.4 Å². The van der Waals surface area contributed by atoms with Crippen LogP contribution in [0.5, 0.6) is 11.5 Å². The lowest BCUT2D eigenvalue weighted by atomic mass is 10.0. The van der Waals surface area contributed by atoms with Crippen molar-refractivity contribution in [1.29, 1.82) is 0 Å². The van der Waals surface area contributed by atoms with Gasteiger partial charge in [0.1, 0.15) is 18.3 Å². The highest BCUT2D eigenvalue weighted by atomic mass is 16.5. The molecule has 0 aliphatic carbocycles. The molecule has 0 radical (unpaired) electrons. The van der Waals surface area contributed by atoms with E-state index in [-0.39, 0.29) is 24.1 Å². The number of hydrogen-bond acceptors (Lipinski definition) is 6. The van der Waals surface area contributed by atoms with Crippen molar-refractivity contribution in [2.45, 2.75) is 31.8 Å². The topological polar surface area (TPSA) is 91.5 Å². The minimum Gasteiger partial charge on any atom is -0.490 e. The van der Waals surface area contributed by atoms with Crippen molar-refractivity contribution < 1.29 is 14.3 Å². The second-order valence-corrected chi connectivity index (χ2v) is 8.81. The number of fused-ring (bicyclic) bond motifs is 2. The van der Waals surface area contributed by atoms with Crippen molar-refractivity contribution in [3.63, 3.8) is 0 Å². The highest BCUT2D eigenvalue weighted by molar-refractivity contribution is 5.78. The molecule has 0 unspecified atom stereocenters. The number of nitrogens with zero attached hydrogens (tertiary/aromatic N) is 5. The van der Waals surface area contributed by atoms with Crippen molar-refractivity contribution in [3.8, 4) is 17.2 Å². The summed E-state index contributed by atoms with van der Waals surface area (Å²) < 4.78 is 14.6. The van der Waals surface area contributed by atoms with Gasteiger partial charge in [-0.15, -0.1) is 0 Å². The molecule has 1 saturated heterocycles. The van der Waals surface area contributed by atoms with Gasteiger partial charge in [0, 0.05) is 13.0 Å². The first-order valence-electron chi connectivity index (χ1n) is 11.9. The number of amides is 1. The Morgan fingerprint density at radius 1 is 1.03 bits per heavy atom. The van der Waals surface area contributed by atoms with E-state index in [1.165, 1.54) is 17.1 Å². The van der Waals surface area contributed by atoms with Gasteiger partial charge >= 0.3 is 0 Å². The predicted octanol–water partition coefficient (Wildman–Crippen LogP) is 3.11. The van der Waals surface area contributed by atoms with Crippen LogP contribution in [0.4, 0.5) is 0 Å². The van der Waals surface area contributed by atoms with Crippen LogP contribution in [0.2, 0.25) is 0 Å². The fourth-order valence-corrected chi connectivity index (χ4v) is 4.85. The molecule has 4 heterocycles. The quantitative estimate of drug-likeness (QED) is 0.454. The molecule has 35 heavy (non-hydrogen) atoms. The number of carbonyl (C=O) groups excluding carboxylic acids is 1. The first-order valence-corrected chi connectivity index (χ1v) is 11.9. The lowest BCUT2D eigenvalue weighted by molar-refractivity contribution is -0.132. The van der Waals surface area contributed by atoms with E-state index >= 15 is 0 Å². The van der Waals surface area contributed by atoms with Crippen LogP contribution in [0.25, 0.3) is 16.7 Å². The second-order valence-electron chi connectivity index (χ2n) is 8.81. The minimum atomic E-state index is -0.281. The molecule has 1 fully saturated rings. The number of rotatable bonds is 4. The third-order valence-electron chi connectivity index (χ3n) is 6.59. The normalized spacial score (nSPS) is 17.5. The summed E-state index contributed by atoms with van der Waals surface area (Å²) in [5.74, 6) is 1.35. The minimum absolute atomic E-state index is 0.0622. The zero-order valence-electron chi connectivity index (χ0n) is 19.2. The predicted molar refractivity (Wildman–Crippen MR) is 129 cm³/mol. The smallest absolute Gasteiger partial charge is 0.264 e. The second kappa shape index (κ2) is 8.90. The molecule has 0 N–H and O–H groups in total. The summed E-state index contributed by atoms with van der Waals surface area (Å²) in [6, 6.07) is 15.4. The standard InChI is InChI=1S/C26H25N5O4/c32-24(30-11-4-8-21(30)18-9-10-22-23(14-18)35-13-5-12-34-22)16-29-17-27-25-20(26(29)33)15-28-31(25)19-6-2-1-3-7-19/h1-3,6-7,9-10,14-15,17,21H,4-5,8,11-13,16H2/t21-/m0/s1. The summed E-state index contributed by atoms with van der Waals surface area (Å²) in [5, 5.41) is 4.72. The van der Waals surface area contributed by atoms with Crippen molar-refractivity contribution in [2.24, 2.45) is 0 Å². The summed E-state index contributed by atoms with van der Waals surface area (Å²) in [6.07, 6.45) is 5.55. The van der Waals surface area contributed by atoms with Crippen LogP contribution < -0.4 is 15.0 Å². The maximum atomic E-state index is 13.3. The first-order chi connectivity index (χ1) is 17.2. The molecule has 4 aromatic rings. The molecule has 0 saturated carbocycles. The zero-order valence-corrected chi connectivity index (χ0v) is 19.2. The van der Waals surface area contributed by atoms with Crippen molar-refractivity contribution in [3.05, 3.63) is 77.0 Å². The summed E-state index contributed by atoms with van der Waals surface area (Å²) >= 11 is 0. The maximum Gasteiger partial charge on any atom is 0.264 e. The van der Waals surface area contributed by atoms with Crippen molar-refractivity contribution >= 4 is 16.9 Å². The van der Waals surface area contributed by atoms with Gasteiger partial charge in [0.05, 0.1) is 31.1 Å². The van der Waals surface area contributed by atoms with Gasteiger partial charge in [0.25, 0.3) is 5.56 Å². The lowest BCUT2D eigenvalue weighted by Gasteiger charge is -2.26. The molecule has 2 aromatic carbocycles. The molecular weight excluding hydrogens is 446 g/mol. The number of benzene rings is 2. The van der Waals surface area contributed by atoms with Gasteiger partial charge in [-0.05, 0) is 42.7 Å². The van der Waals surface area contributed by atoms with E-state index in [4.69, 9.17) is 9.47 Å². The van der Waals surface area contributed by atoms with E-state index in [0.717, 1.165) is 42.0 Å². The van der Waals surface area contributed by atoms with E-state index < -0.39 is 0 Å². The first kappa shape index (κ1) is 21.4. The van der Waals surface area contributed by atoms with Gasteiger partial charge in [0.15, 0.2) is 17.1 Å². The molecule has 1 amide bonds. The number of aromatic nitrogens is 4. The Morgan fingerprint density at radius 2 is 1.86 bits per heavy atom. The Balaban J connectivity index is 1.25. The summed E-state index contributed by atoms with van der Waals surface area (Å²) in [7, 11) is 0. The number of hydrogen-bond donors (Lipinski definition) is 0. The van der Waals surface area contributed by atoms with Crippen LogP contribution in [-0.4, -0.2) is 49.9 Å². The summed E-state index contributed by atoms with van der Waals surface area (Å²) in [6.45, 7) is 1.83. The Morgan fingerprint density at radius 3 is 2.71 bits per heavy atom. The molecule has 0 bridgehead atoms. The Labute approximate surface area is 201 Å². The largest absolute Gasteiger partial charge is 0.490 e. The molecule has 2 aliphatic rings. The van der Waals surface area contributed by atoms with E-state index in [0.29, 0.717) is 30.8 Å².